The molecule has 0 spiro atoms. The number of likely N-dealkylation sites (tertiary alicyclic amines) is 1. The topological polar surface area (TPSA) is 49.8 Å². The Morgan fingerprint density at radius 3 is 2.94 bits per heavy atom. The highest BCUT2D eigenvalue weighted by Crippen LogP contribution is 2.20. The van der Waals surface area contributed by atoms with E-state index in [-0.39, 0.29) is 18.5 Å². The quantitative estimate of drug-likeness (QED) is 0.717. The SMILES string of the molecule is CCOC(=O)C(C)CN1CCCCC1CCO. The third-order valence-corrected chi connectivity index (χ3v) is 3.41. The summed E-state index contributed by atoms with van der Waals surface area (Å²) in [5.74, 6) is -0.185. The van der Waals surface area contributed by atoms with Crippen LogP contribution in [0.3, 0.4) is 0 Å². The minimum absolute atomic E-state index is 0.0748. The van der Waals surface area contributed by atoms with Crippen molar-refractivity contribution >= 4 is 5.97 Å². The van der Waals surface area contributed by atoms with Crippen LogP contribution in [0.5, 0.6) is 0 Å². The van der Waals surface area contributed by atoms with Gasteiger partial charge in [0, 0.05) is 19.2 Å². The second kappa shape index (κ2) is 7.67. The van der Waals surface area contributed by atoms with Gasteiger partial charge in [-0.05, 0) is 32.7 Å². The van der Waals surface area contributed by atoms with Crippen molar-refractivity contribution in [2.45, 2.75) is 45.6 Å². The van der Waals surface area contributed by atoms with Crippen LogP contribution in [0.25, 0.3) is 0 Å². The Kier molecular flexibility index (Phi) is 6.52. The van der Waals surface area contributed by atoms with Crippen molar-refractivity contribution in [3.05, 3.63) is 0 Å². The normalized spacial score (nSPS) is 23.4. The van der Waals surface area contributed by atoms with Gasteiger partial charge in [-0.1, -0.05) is 13.3 Å². The van der Waals surface area contributed by atoms with Crippen LogP contribution in [0.2, 0.25) is 0 Å². The number of nitrogens with zero attached hydrogens (tertiary/aromatic N) is 1. The highest BCUT2D eigenvalue weighted by molar-refractivity contribution is 5.72. The van der Waals surface area contributed by atoms with Gasteiger partial charge >= 0.3 is 5.97 Å². The maximum absolute atomic E-state index is 11.6. The van der Waals surface area contributed by atoms with Crippen molar-refractivity contribution < 1.29 is 14.6 Å². The van der Waals surface area contributed by atoms with E-state index in [1.807, 2.05) is 13.8 Å². The molecule has 1 heterocycles. The summed E-state index contributed by atoms with van der Waals surface area (Å²) in [6.07, 6.45) is 4.37. The third-order valence-electron chi connectivity index (χ3n) is 3.41. The van der Waals surface area contributed by atoms with E-state index in [1.54, 1.807) is 0 Å². The molecule has 0 saturated carbocycles. The Bertz CT molecular complexity index is 231. The molecule has 1 aliphatic rings. The first-order chi connectivity index (χ1) is 8.19. The molecule has 0 amide bonds. The van der Waals surface area contributed by atoms with E-state index in [2.05, 4.69) is 4.90 Å². The number of aliphatic hydroxyl groups is 1. The molecule has 2 unspecified atom stereocenters. The van der Waals surface area contributed by atoms with E-state index in [0.717, 1.165) is 25.9 Å². The maximum atomic E-state index is 11.6. The van der Waals surface area contributed by atoms with Gasteiger partial charge in [0.25, 0.3) is 0 Å². The first kappa shape index (κ1) is 14.5. The summed E-state index contributed by atoms with van der Waals surface area (Å²) in [5.41, 5.74) is 0. The number of hydrogen-bond acceptors (Lipinski definition) is 4. The highest BCUT2D eigenvalue weighted by atomic mass is 16.5. The first-order valence-corrected chi connectivity index (χ1v) is 6.70. The summed E-state index contributed by atoms with van der Waals surface area (Å²) in [6, 6.07) is 0.436. The largest absolute Gasteiger partial charge is 0.466 e. The third kappa shape index (κ3) is 4.64. The summed E-state index contributed by atoms with van der Waals surface area (Å²) < 4.78 is 5.03. The second-order valence-corrected chi connectivity index (χ2v) is 4.81. The number of aliphatic hydroxyl groups excluding tert-OH is 1. The van der Waals surface area contributed by atoms with Crippen molar-refractivity contribution in [2.24, 2.45) is 5.92 Å². The minimum Gasteiger partial charge on any atom is -0.466 e. The first-order valence-electron chi connectivity index (χ1n) is 6.70. The second-order valence-electron chi connectivity index (χ2n) is 4.81. The monoisotopic (exact) mass is 243 g/mol. The van der Waals surface area contributed by atoms with Crippen molar-refractivity contribution in [2.75, 3.05) is 26.3 Å². The fourth-order valence-corrected chi connectivity index (χ4v) is 2.49. The summed E-state index contributed by atoms with van der Waals surface area (Å²) >= 11 is 0. The number of esters is 1. The summed E-state index contributed by atoms with van der Waals surface area (Å²) in [6.45, 7) is 6.22. The molecule has 1 fully saturated rings. The molecule has 0 radical (unpaired) electrons. The van der Waals surface area contributed by atoms with E-state index in [1.165, 1.54) is 12.8 Å². The smallest absolute Gasteiger partial charge is 0.309 e. The zero-order chi connectivity index (χ0) is 12.7. The van der Waals surface area contributed by atoms with Crippen molar-refractivity contribution in [1.82, 2.24) is 4.90 Å². The van der Waals surface area contributed by atoms with Crippen molar-refractivity contribution in [3.63, 3.8) is 0 Å². The Hall–Kier alpha value is -0.610. The van der Waals surface area contributed by atoms with Crippen LogP contribution < -0.4 is 0 Å². The van der Waals surface area contributed by atoms with Gasteiger partial charge in [0.05, 0.1) is 12.5 Å². The fraction of sp³-hybridized carbons (Fsp3) is 0.923. The van der Waals surface area contributed by atoms with Crippen LogP contribution in [-0.2, 0) is 9.53 Å². The highest BCUT2D eigenvalue weighted by Gasteiger charge is 2.25. The average molecular weight is 243 g/mol. The van der Waals surface area contributed by atoms with E-state index in [0.29, 0.717) is 12.6 Å². The lowest BCUT2D eigenvalue weighted by atomic mass is 9.98. The molecule has 1 aliphatic heterocycles. The molecule has 0 bridgehead atoms. The lowest BCUT2D eigenvalue weighted by molar-refractivity contribution is -0.148. The predicted molar refractivity (Wildman–Crippen MR) is 66.7 cm³/mol. The van der Waals surface area contributed by atoms with Gasteiger partial charge in [0.1, 0.15) is 0 Å². The summed E-state index contributed by atoms with van der Waals surface area (Å²) in [7, 11) is 0. The number of hydrogen-bond donors (Lipinski definition) is 1. The standard InChI is InChI=1S/C13H25NO3/c1-3-17-13(16)11(2)10-14-8-5-4-6-12(14)7-9-15/h11-12,15H,3-10H2,1-2H3. The summed E-state index contributed by atoms with van der Waals surface area (Å²) in [5, 5.41) is 9.05. The van der Waals surface area contributed by atoms with Gasteiger partial charge in [-0.3, -0.25) is 9.69 Å². The maximum Gasteiger partial charge on any atom is 0.309 e. The molecular formula is C13H25NO3. The molecule has 4 heteroatoms. The Morgan fingerprint density at radius 2 is 2.29 bits per heavy atom. The van der Waals surface area contributed by atoms with E-state index < -0.39 is 0 Å². The predicted octanol–water partition coefficient (Wildman–Crippen LogP) is 1.42. The molecule has 0 aliphatic carbocycles. The van der Waals surface area contributed by atoms with Gasteiger partial charge in [-0.15, -0.1) is 0 Å². The molecule has 0 aromatic heterocycles. The van der Waals surface area contributed by atoms with Gasteiger partial charge in [0.2, 0.25) is 0 Å². The van der Waals surface area contributed by atoms with Crippen LogP contribution in [0, 0.1) is 5.92 Å². The number of piperidine rings is 1. The number of carbonyl (C=O) groups excluding carboxylic acids is 1. The minimum atomic E-state index is -0.110. The molecule has 1 N–H and O–H groups in total. The van der Waals surface area contributed by atoms with Crippen LogP contribution >= 0.6 is 0 Å². The lowest BCUT2D eigenvalue weighted by Gasteiger charge is -2.36. The number of carbonyl (C=O) groups is 1. The molecule has 0 aromatic carbocycles. The van der Waals surface area contributed by atoms with Crippen LogP contribution in [0.1, 0.15) is 39.5 Å². The average Bonchev–Trinajstić information content (AvgIpc) is 2.32. The molecular weight excluding hydrogens is 218 g/mol. The lowest BCUT2D eigenvalue weighted by Crippen LogP contribution is -2.43. The molecule has 4 nitrogen and oxygen atoms in total. The van der Waals surface area contributed by atoms with Crippen molar-refractivity contribution in [3.8, 4) is 0 Å². The van der Waals surface area contributed by atoms with Crippen LogP contribution in [-0.4, -0.2) is 48.3 Å². The molecule has 100 valence electrons. The Labute approximate surface area is 104 Å². The molecule has 1 saturated heterocycles. The van der Waals surface area contributed by atoms with Gasteiger partial charge in [-0.2, -0.15) is 0 Å². The van der Waals surface area contributed by atoms with E-state index in [9.17, 15) is 4.79 Å². The van der Waals surface area contributed by atoms with Crippen LogP contribution in [0.4, 0.5) is 0 Å². The van der Waals surface area contributed by atoms with Crippen molar-refractivity contribution in [1.29, 1.82) is 0 Å². The molecule has 1 rings (SSSR count). The number of ether oxygens (including phenoxy) is 1. The van der Waals surface area contributed by atoms with Gasteiger partial charge in [0.15, 0.2) is 0 Å². The Morgan fingerprint density at radius 1 is 1.53 bits per heavy atom. The van der Waals surface area contributed by atoms with Gasteiger partial charge < -0.3 is 9.84 Å². The zero-order valence-corrected chi connectivity index (χ0v) is 11.0. The summed E-state index contributed by atoms with van der Waals surface area (Å²) in [4.78, 5) is 13.9. The van der Waals surface area contributed by atoms with Crippen LogP contribution in [0.15, 0.2) is 0 Å². The van der Waals surface area contributed by atoms with E-state index in [4.69, 9.17) is 9.84 Å². The Balaban J connectivity index is 2.43. The van der Waals surface area contributed by atoms with E-state index >= 15 is 0 Å². The molecule has 17 heavy (non-hydrogen) atoms. The number of rotatable bonds is 6. The van der Waals surface area contributed by atoms with Gasteiger partial charge in [-0.25, -0.2) is 0 Å². The molecule has 2 atom stereocenters. The zero-order valence-electron chi connectivity index (χ0n) is 11.0. The fourth-order valence-electron chi connectivity index (χ4n) is 2.49. The molecule has 0 aromatic rings.